The van der Waals surface area contributed by atoms with E-state index in [9.17, 15) is 13.2 Å². The van der Waals surface area contributed by atoms with E-state index < -0.39 is 12.2 Å². The van der Waals surface area contributed by atoms with E-state index >= 15 is 0 Å². The zero-order valence-corrected chi connectivity index (χ0v) is 6.04. The van der Waals surface area contributed by atoms with Crippen LogP contribution in [-0.4, -0.2) is 31.9 Å². The summed E-state index contributed by atoms with van der Waals surface area (Å²) in [5.74, 6) is 0. The third-order valence-corrected chi connectivity index (χ3v) is 1.70. The molecule has 11 heavy (non-hydrogen) atoms. The van der Waals surface area contributed by atoms with Crippen molar-refractivity contribution in [3.63, 3.8) is 0 Å². The molecule has 0 spiro atoms. The summed E-state index contributed by atoms with van der Waals surface area (Å²) in [6, 6.07) is -1.32. The zero-order chi connectivity index (χ0) is 8.32. The molecule has 2 nitrogen and oxygen atoms in total. The molecule has 5 heteroatoms. The van der Waals surface area contributed by atoms with Crippen LogP contribution in [0.15, 0.2) is 0 Å². The summed E-state index contributed by atoms with van der Waals surface area (Å²) < 4.78 is 36.1. The highest BCUT2D eigenvalue weighted by atomic mass is 19.4. The lowest BCUT2D eigenvalue weighted by Gasteiger charge is -2.18. The van der Waals surface area contributed by atoms with Crippen LogP contribution in [0.1, 0.15) is 6.42 Å². The van der Waals surface area contributed by atoms with Crippen molar-refractivity contribution in [1.29, 1.82) is 0 Å². The molecule has 1 fully saturated rings. The average Bonchev–Trinajstić information content (AvgIpc) is 2.10. The molecule has 66 valence electrons. The van der Waals surface area contributed by atoms with Gasteiger partial charge >= 0.3 is 6.18 Å². The number of hydrogen-bond acceptors (Lipinski definition) is 2. The second-order valence-corrected chi connectivity index (χ2v) is 2.59. The monoisotopic (exact) mass is 168 g/mol. The number of alkyl halides is 3. The summed E-state index contributed by atoms with van der Waals surface area (Å²) in [6.07, 6.45) is -3.96. The second-order valence-electron chi connectivity index (χ2n) is 2.59. The van der Waals surface area contributed by atoms with Gasteiger partial charge < -0.3 is 10.6 Å². The van der Waals surface area contributed by atoms with Crippen molar-refractivity contribution in [3.05, 3.63) is 0 Å². The van der Waals surface area contributed by atoms with E-state index in [2.05, 4.69) is 10.6 Å². The molecule has 1 saturated heterocycles. The Morgan fingerprint density at radius 3 is 2.45 bits per heavy atom. The molecule has 0 amide bonds. The molecule has 0 unspecified atom stereocenters. The van der Waals surface area contributed by atoms with Crippen molar-refractivity contribution in [2.45, 2.75) is 18.6 Å². The molecule has 0 bridgehead atoms. The van der Waals surface area contributed by atoms with Crippen LogP contribution in [0.5, 0.6) is 0 Å². The third kappa shape index (κ3) is 2.67. The summed E-state index contributed by atoms with van der Waals surface area (Å²) in [5.41, 5.74) is 0. The first-order chi connectivity index (χ1) is 5.11. The highest BCUT2D eigenvalue weighted by molar-refractivity contribution is 4.78. The van der Waals surface area contributed by atoms with Gasteiger partial charge in [0, 0.05) is 13.1 Å². The van der Waals surface area contributed by atoms with E-state index in [4.69, 9.17) is 0 Å². The normalized spacial score (nSPS) is 28.1. The molecule has 1 atom stereocenters. The van der Waals surface area contributed by atoms with Gasteiger partial charge in [-0.05, 0) is 13.0 Å². The van der Waals surface area contributed by atoms with E-state index in [-0.39, 0.29) is 6.42 Å². The summed E-state index contributed by atoms with van der Waals surface area (Å²) in [7, 11) is 0. The van der Waals surface area contributed by atoms with Crippen LogP contribution in [0.2, 0.25) is 0 Å². The van der Waals surface area contributed by atoms with Crippen molar-refractivity contribution in [3.8, 4) is 0 Å². The third-order valence-electron chi connectivity index (χ3n) is 1.70. The lowest BCUT2D eigenvalue weighted by Crippen LogP contribution is -2.42. The van der Waals surface area contributed by atoms with Gasteiger partial charge in [-0.3, -0.25) is 0 Å². The first-order valence-electron chi connectivity index (χ1n) is 3.61. The van der Waals surface area contributed by atoms with E-state index in [1.165, 1.54) is 0 Å². The van der Waals surface area contributed by atoms with Crippen molar-refractivity contribution >= 4 is 0 Å². The Balaban J connectivity index is 2.43. The molecule has 0 aromatic heterocycles. The van der Waals surface area contributed by atoms with Gasteiger partial charge in [0.05, 0.1) is 0 Å². The Labute approximate surface area is 63.2 Å². The molecule has 1 rings (SSSR count). The highest BCUT2D eigenvalue weighted by Crippen LogP contribution is 2.22. The second kappa shape index (κ2) is 3.40. The lowest BCUT2D eigenvalue weighted by atomic mass is 10.2. The summed E-state index contributed by atoms with van der Waals surface area (Å²) in [6.45, 7) is 1.45. The van der Waals surface area contributed by atoms with Crippen LogP contribution >= 0.6 is 0 Å². The topological polar surface area (TPSA) is 24.1 Å². The molecule has 0 saturated carbocycles. The minimum absolute atomic E-state index is 0.128. The number of nitrogens with one attached hydrogen (secondary N) is 2. The minimum Gasteiger partial charge on any atom is -0.315 e. The van der Waals surface area contributed by atoms with Crippen LogP contribution in [0.3, 0.4) is 0 Å². The smallest absolute Gasteiger partial charge is 0.315 e. The Morgan fingerprint density at radius 2 is 1.82 bits per heavy atom. The van der Waals surface area contributed by atoms with Gasteiger partial charge in [-0.2, -0.15) is 13.2 Å². The summed E-state index contributed by atoms with van der Waals surface area (Å²) in [4.78, 5) is 0. The standard InChI is InChI=1S/C6H11F3N2/c7-6(8,9)5-1-2-10-3-4-11-5/h5,10-11H,1-4H2/t5-/m1/s1. The molecule has 1 aliphatic rings. The Bertz CT molecular complexity index is 115. The fourth-order valence-electron chi connectivity index (χ4n) is 1.09. The van der Waals surface area contributed by atoms with Gasteiger partial charge in [0.2, 0.25) is 0 Å². The predicted octanol–water partition coefficient (Wildman–Crippen LogP) is 0.500. The molecule has 1 aliphatic heterocycles. The first kappa shape index (κ1) is 8.80. The minimum atomic E-state index is -4.09. The van der Waals surface area contributed by atoms with Crippen molar-refractivity contribution in [2.75, 3.05) is 19.6 Å². The van der Waals surface area contributed by atoms with E-state index in [1.807, 2.05) is 0 Å². The van der Waals surface area contributed by atoms with Gasteiger partial charge in [-0.1, -0.05) is 0 Å². The van der Waals surface area contributed by atoms with Crippen LogP contribution in [0.4, 0.5) is 13.2 Å². The molecular weight excluding hydrogens is 157 g/mol. The highest BCUT2D eigenvalue weighted by Gasteiger charge is 2.38. The largest absolute Gasteiger partial charge is 0.403 e. The fourth-order valence-corrected chi connectivity index (χ4v) is 1.09. The van der Waals surface area contributed by atoms with Crippen LogP contribution in [0.25, 0.3) is 0 Å². The maximum Gasteiger partial charge on any atom is 0.403 e. The number of hydrogen-bond donors (Lipinski definition) is 2. The van der Waals surface area contributed by atoms with Gasteiger partial charge in [0.1, 0.15) is 6.04 Å². The Hall–Kier alpha value is -0.290. The molecule has 1 heterocycles. The molecule has 2 N–H and O–H groups in total. The van der Waals surface area contributed by atoms with Gasteiger partial charge in [0.25, 0.3) is 0 Å². The lowest BCUT2D eigenvalue weighted by molar-refractivity contribution is -0.155. The van der Waals surface area contributed by atoms with Gasteiger partial charge in [-0.25, -0.2) is 0 Å². The quantitative estimate of drug-likeness (QED) is 0.550. The molecular formula is C6H11F3N2. The van der Waals surface area contributed by atoms with Gasteiger partial charge in [-0.15, -0.1) is 0 Å². The predicted molar refractivity (Wildman–Crippen MR) is 35.3 cm³/mol. The number of rotatable bonds is 0. The maximum atomic E-state index is 12.0. The molecule has 0 aromatic rings. The van der Waals surface area contributed by atoms with Crippen LogP contribution in [-0.2, 0) is 0 Å². The average molecular weight is 168 g/mol. The van der Waals surface area contributed by atoms with E-state index in [1.54, 1.807) is 0 Å². The summed E-state index contributed by atoms with van der Waals surface area (Å²) >= 11 is 0. The molecule has 0 aromatic carbocycles. The Morgan fingerprint density at radius 1 is 1.09 bits per heavy atom. The molecule has 0 radical (unpaired) electrons. The summed E-state index contributed by atoms with van der Waals surface area (Å²) in [5, 5.41) is 5.32. The Kier molecular flexibility index (Phi) is 2.72. The SMILES string of the molecule is FC(F)(F)[C@H]1CCNCCN1. The van der Waals surface area contributed by atoms with E-state index in [0.717, 1.165) is 0 Å². The van der Waals surface area contributed by atoms with E-state index in [0.29, 0.717) is 19.6 Å². The zero-order valence-electron chi connectivity index (χ0n) is 6.04. The first-order valence-corrected chi connectivity index (χ1v) is 3.61. The number of halogens is 3. The van der Waals surface area contributed by atoms with Crippen molar-refractivity contribution in [1.82, 2.24) is 10.6 Å². The van der Waals surface area contributed by atoms with Gasteiger partial charge in [0.15, 0.2) is 0 Å². The van der Waals surface area contributed by atoms with Crippen molar-refractivity contribution < 1.29 is 13.2 Å². The molecule has 0 aliphatic carbocycles. The van der Waals surface area contributed by atoms with Crippen LogP contribution in [0, 0.1) is 0 Å². The maximum absolute atomic E-state index is 12.0. The fraction of sp³-hybridized carbons (Fsp3) is 1.00. The van der Waals surface area contributed by atoms with Crippen molar-refractivity contribution in [2.24, 2.45) is 0 Å². The van der Waals surface area contributed by atoms with Crippen LogP contribution < -0.4 is 10.6 Å².